The summed E-state index contributed by atoms with van der Waals surface area (Å²) in [5, 5.41) is 18.9. The molecule has 2 aromatic rings. The maximum Gasteiger partial charge on any atom is 0.259 e. The molecule has 1 saturated heterocycles. The fourth-order valence-electron chi connectivity index (χ4n) is 3.77. The van der Waals surface area contributed by atoms with Crippen LogP contribution in [0.15, 0.2) is 30.3 Å². The predicted molar refractivity (Wildman–Crippen MR) is 111 cm³/mol. The monoisotopic (exact) mass is 396 g/mol. The van der Waals surface area contributed by atoms with Crippen LogP contribution in [0.5, 0.6) is 0 Å². The zero-order valence-electron chi connectivity index (χ0n) is 16.3. The van der Waals surface area contributed by atoms with Crippen molar-refractivity contribution in [3.63, 3.8) is 0 Å². The molecule has 3 heterocycles. The van der Waals surface area contributed by atoms with Crippen LogP contribution in [-0.2, 0) is 13.0 Å². The van der Waals surface area contributed by atoms with Crippen LogP contribution in [0.2, 0.25) is 0 Å². The third-order valence-corrected chi connectivity index (χ3v) is 5.36. The number of benzene rings is 1. The van der Waals surface area contributed by atoms with Crippen LogP contribution in [0.1, 0.15) is 41.4 Å². The van der Waals surface area contributed by atoms with Crippen LogP contribution < -0.4 is 5.32 Å². The fourth-order valence-corrected chi connectivity index (χ4v) is 3.77. The van der Waals surface area contributed by atoms with Gasteiger partial charge in [-0.1, -0.05) is 6.07 Å². The lowest BCUT2D eigenvalue weighted by atomic mass is 9.97. The molecule has 29 heavy (non-hydrogen) atoms. The van der Waals surface area contributed by atoms with Crippen molar-refractivity contribution in [3.05, 3.63) is 58.5 Å². The largest absolute Gasteiger partial charge is 0.314 e. The topological polar surface area (TPSA) is 96.2 Å². The molecular formula is C21H25FN6O. The molecular weight excluding hydrogens is 371 g/mol. The van der Waals surface area contributed by atoms with E-state index in [2.05, 4.69) is 15.2 Å². The molecule has 0 aliphatic carbocycles. The molecule has 8 heteroatoms. The average Bonchev–Trinajstić information content (AvgIpc) is 3.13. The van der Waals surface area contributed by atoms with E-state index >= 15 is 0 Å². The number of fused-ring (bicyclic) bond motifs is 1. The molecule has 4 rings (SSSR count). The van der Waals surface area contributed by atoms with Gasteiger partial charge >= 0.3 is 0 Å². The number of nitrogens with one attached hydrogen (secondary N) is 3. The van der Waals surface area contributed by atoms with Gasteiger partial charge in [-0.25, -0.2) is 9.37 Å². The van der Waals surface area contributed by atoms with E-state index in [1.807, 2.05) is 7.05 Å². The first kappa shape index (κ1) is 19.2. The van der Waals surface area contributed by atoms with Crippen molar-refractivity contribution in [2.75, 3.05) is 25.5 Å². The Morgan fingerprint density at radius 2 is 2.07 bits per heavy atom. The molecule has 1 aromatic heterocycles. The Bertz CT molecular complexity index is 1010. The Morgan fingerprint density at radius 3 is 2.83 bits per heavy atom. The quantitative estimate of drug-likeness (QED) is 0.549. The first-order chi connectivity index (χ1) is 13.9. The van der Waals surface area contributed by atoms with Crippen molar-refractivity contribution in [2.24, 2.45) is 0 Å². The van der Waals surface area contributed by atoms with E-state index in [0.29, 0.717) is 31.0 Å². The highest BCUT2D eigenvalue weighted by molar-refractivity contribution is 6.07. The molecule has 0 atom stereocenters. The van der Waals surface area contributed by atoms with Gasteiger partial charge in [0.2, 0.25) is 0 Å². The van der Waals surface area contributed by atoms with Gasteiger partial charge in [0.05, 0.1) is 5.56 Å². The molecule has 2 aliphatic heterocycles. The zero-order chi connectivity index (χ0) is 20.5. The summed E-state index contributed by atoms with van der Waals surface area (Å²) in [6.45, 7) is 2.17. The van der Waals surface area contributed by atoms with E-state index in [0.717, 1.165) is 30.5 Å². The fraction of sp³-hybridized carbons (Fsp3) is 0.333. The standard InChI is InChI=1S/C21H23FN6O.H2/c1-27-9-7-13-11-16(22)15(10-14(13)12-27)21(29)26-19-6-2-4-17(25-19)20(24)28-8-3-5-18(28)23;/h2,4,6,10-11,23-24H,3,5,7-9,12H2,1H3,(H,25,26,29);1H. The summed E-state index contributed by atoms with van der Waals surface area (Å²) in [6.07, 6.45) is 2.25. The minimum absolute atomic E-state index is 0. The highest BCUT2D eigenvalue weighted by Gasteiger charge is 2.23. The first-order valence-electron chi connectivity index (χ1n) is 9.64. The second kappa shape index (κ2) is 7.71. The van der Waals surface area contributed by atoms with E-state index in [9.17, 15) is 9.18 Å². The summed E-state index contributed by atoms with van der Waals surface area (Å²) in [5.74, 6) is -0.333. The number of anilines is 1. The SMILES string of the molecule is CN1CCc2cc(F)c(C(=O)Nc3cccc(C(=N)N4CCCC4=N)n3)cc2C1.[HH]. The zero-order valence-corrected chi connectivity index (χ0v) is 16.3. The van der Waals surface area contributed by atoms with Crippen LogP contribution in [0.4, 0.5) is 10.2 Å². The number of nitrogens with zero attached hydrogens (tertiary/aromatic N) is 3. The number of likely N-dealkylation sites (tertiary alicyclic amines) is 1. The number of hydrogen-bond donors (Lipinski definition) is 3. The van der Waals surface area contributed by atoms with Gasteiger partial charge in [0.15, 0.2) is 5.84 Å². The maximum absolute atomic E-state index is 14.5. The lowest BCUT2D eigenvalue weighted by Crippen LogP contribution is -2.32. The van der Waals surface area contributed by atoms with Gasteiger partial charge in [0.1, 0.15) is 23.2 Å². The van der Waals surface area contributed by atoms with Crippen LogP contribution >= 0.6 is 0 Å². The predicted octanol–water partition coefficient (Wildman–Crippen LogP) is 3.11. The van der Waals surface area contributed by atoms with Crippen molar-refractivity contribution >= 4 is 23.4 Å². The molecule has 1 aromatic carbocycles. The van der Waals surface area contributed by atoms with Gasteiger partial charge in [0.25, 0.3) is 5.91 Å². The highest BCUT2D eigenvalue weighted by atomic mass is 19.1. The van der Waals surface area contributed by atoms with Gasteiger partial charge < -0.3 is 15.1 Å². The third-order valence-electron chi connectivity index (χ3n) is 5.36. The summed E-state index contributed by atoms with van der Waals surface area (Å²) in [7, 11) is 2.00. The van der Waals surface area contributed by atoms with E-state index in [4.69, 9.17) is 10.8 Å². The minimum Gasteiger partial charge on any atom is -0.314 e. The molecule has 2 aliphatic rings. The summed E-state index contributed by atoms with van der Waals surface area (Å²) >= 11 is 0. The van der Waals surface area contributed by atoms with Crippen LogP contribution in [-0.4, -0.2) is 52.5 Å². The molecule has 3 N–H and O–H groups in total. The van der Waals surface area contributed by atoms with E-state index in [1.54, 1.807) is 29.2 Å². The number of pyridine rings is 1. The number of amidine groups is 2. The van der Waals surface area contributed by atoms with Crippen molar-refractivity contribution in [3.8, 4) is 0 Å². The third kappa shape index (κ3) is 3.88. The number of rotatable bonds is 3. The Labute approximate surface area is 170 Å². The normalized spacial score (nSPS) is 16.6. The number of carbonyl (C=O) groups is 1. The summed E-state index contributed by atoms with van der Waals surface area (Å²) in [5.41, 5.74) is 2.25. The van der Waals surface area contributed by atoms with Crippen molar-refractivity contribution in [2.45, 2.75) is 25.8 Å². The van der Waals surface area contributed by atoms with Crippen LogP contribution in [0.25, 0.3) is 0 Å². The number of aromatic nitrogens is 1. The minimum atomic E-state index is -0.566. The molecule has 1 amide bonds. The number of hydrogen-bond acceptors (Lipinski definition) is 5. The first-order valence-corrected chi connectivity index (χ1v) is 9.64. The Kier molecular flexibility index (Phi) is 5.10. The summed E-state index contributed by atoms with van der Waals surface area (Å²) < 4.78 is 14.5. The lowest BCUT2D eigenvalue weighted by Gasteiger charge is -2.25. The van der Waals surface area contributed by atoms with E-state index in [1.165, 1.54) is 6.07 Å². The van der Waals surface area contributed by atoms with Gasteiger partial charge in [0, 0.05) is 27.5 Å². The molecule has 152 valence electrons. The summed E-state index contributed by atoms with van der Waals surface area (Å²) in [6, 6.07) is 8.03. The van der Waals surface area contributed by atoms with E-state index < -0.39 is 11.7 Å². The van der Waals surface area contributed by atoms with Gasteiger partial charge in [-0.05, 0) is 55.3 Å². The number of likely N-dealkylation sites (N-methyl/N-ethyl adjacent to an activating group) is 1. The lowest BCUT2D eigenvalue weighted by molar-refractivity contribution is 0.102. The van der Waals surface area contributed by atoms with Gasteiger partial charge in [-0.15, -0.1) is 0 Å². The Hall–Kier alpha value is -3.13. The molecule has 0 spiro atoms. The second-order valence-electron chi connectivity index (χ2n) is 7.50. The van der Waals surface area contributed by atoms with Gasteiger partial charge in [-0.3, -0.25) is 15.6 Å². The molecule has 7 nitrogen and oxygen atoms in total. The van der Waals surface area contributed by atoms with Crippen molar-refractivity contribution in [1.82, 2.24) is 14.8 Å². The maximum atomic E-state index is 14.5. The molecule has 0 unspecified atom stereocenters. The number of halogens is 1. The number of amides is 1. The number of carbonyl (C=O) groups excluding carboxylic acids is 1. The highest BCUT2D eigenvalue weighted by Crippen LogP contribution is 2.23. The van der Waals surface area contributed by atoms with Crippen LogP contribution in [0.3, 0.4) is 0 Å². The summed E-state index contributed by atoms with van der Waals surface area (Å²) in [4.78, 5) is 20.7. The smallest absolute Gasteiger partial charge is 0.259 e. The van der Waals surface area contributed by atoms with Crippen LogP contribution in [0, 0.1) is 16.6 Å². The van der Waals surface area contributed by atoms with Gasteiger partial charge in [-0.2, -0.15) is 0 Å². The average molecular weight is 396 g/mol. The van der Waals surface area contributed by atoms with Crippen molar-refractivity contribution < 1.29 is 10.6 Å². The van der Waals surface area contributed by atoms with Crippen molar-refractivity contribution in [1.29, 1.82) is 10.8 Å². The Morgan fingerprint density at radius 1 is 1.24 bits per heavy atom. The molecule has 0 radical (unpaired) electrons. The Balaban J connectivity index is 0.00000256. The molecule has 1 fully saturated rings. The molecule has 0 saturated carbocycles. The molecule has 0 bridgehead atoms. The second-order valence-corrected chi connectivity index (χ2v) is 7.50. The van der Waals surface area contributed by atoms with E-state index in [-0.39, 0.29) is 18.6 Å².